The fourth-order valence-corrected chi connectivity index (χ4v) is 4.10. The fourth-order valence-electron chi connectivity index (χ4n) is 4.10. The Bertz CT molecular complexity index is 1550. The van der Waals surface area contributed by atoms with Gasteiger partial charge in [-0.25, -0.2) is 0 Å². The number of nitrogens with zero attached hydrogens (tertiary/aromatic N) is 3. The van der Waals surface area contributed by atoms with E-state index in [1.165, 1.54) is 0 Å². The largest absolute Gasteiger partial charge is 0.354 e. The highest BCUT2D eigenvalue weighted by molar-refractivity contribution is 5.85. The Hall–Kier alpha value is -4.19. The summed E-state index contributed by atoms with van der Waals surface area (Å²) in [6, 6.07) is 19.7. The maximum absolute atomic E-state index is 13.2. The Kier molecular flexibility index (Phi) is 5.05. The van der Waals surface area contributed by atoms with Gasteiger partial charge < -0.3 is 14.4 Å². The highest BCUT2D eigenvalue weighted by Gasteiger charge is 2.16. The molecule has 0 aliphatic heterocycles. The zero-order valence-electron chi connectivity index (χ0n) is 19.0. The van der Waals surface area contributed by atoms with Crippen molar-refractivity contribution < 1.29 is 4.52 Å². The SMILES string of the molecule is Cc1cc2c(cn1)cc(-c1cc(Nc3noc(-c4ccccc4)c3C)ccc1C)c(=O)n2C. The summed E-state index contributed by atoms with van der Waals surface area (Å²) in [4.78, 5) is 17.6. The van der Waals surface area contributed by atoms with Crippen LogP contribution in [0, 0.1) is 20.8 Å². The van der Waals surface area contributed by atoms with Gasteiger partial charge in [-0.05, 0) is 56.2 Å². The zero-order valence-corrected chi connectivity index (χ0v) is 19.0. The minimum absolute atomic E-state index is 0.0441. The van der Waals surface area contributed by atoms with E-state index in [1.807, 2.05) is 87.6 Å². The second kappa shape index (κ2) is 8.06. The average Bonchev–Trinajstić information content (AvgIpc) is 3.18. The van der Waals surface area contributed by atoms with Gasteiger partial charge in [0.15, 0.2) is 11.6 Å². The number of hydrogen-bond donors (Lipinski definition) is 1. The number of fused-ring (bicyclic) bond motifs is 1. The summed E-state index contributed by atoms with van der Waals surface area (Å²) in [6.45, 7) is 5.90. The maximum atomic E-state index is 13.2. The first-order valence-corrected chi connectivity index (χ1v) is 10.8. The van der Waals surface area contributed by atoms with Crippen molar-refractivity contribution in [1.29, 1.82) is 0 Å². The Labute approximate surface area is 191 Å². The highest BCUT2D eigenvalue weighted by atomic mass is 16.5. The van der Waals surface area contributed by atoms with Crippen LogP contribution >= 0.6 is 0 Å². The van der Waals surface area contributed by atoms with Crippen molar-refractivity contribution in [2.45, 2.75) is 20.8 Å². The molecule has 164 valence electrons. The Morgan fingerprint density at radius 3 is 2.52 bits per heavy atom. The van der Waals surface area contributed by atoms with Crippen LogP contribution in [0.3, 0.4) is 0 Å². The van der Waals surface area contributed by atoms with Gasteiger partial charge in [-0.15, -0.1) is 0 Å². The summed E-state index contributed by atoms with van der Waals surface area (Å²) in [7, 11) is 1.80. The molecule has 0 spiro atoms. The standard InChI is InChI=1S/C27H24N4O2/c1-16-10-11-21(29-26-18(3)25(33-30-26)19-8-6-5-7-9-19)14-22(16)23-13-20-15-28-17(2)12-24(20)31(4)27(23)32/h5-15H,1-4H3,(H,29,30). The van der Waals surface area contributed by atoms with Crippen LogP contribution in [0.15, 0.2) is 76.2 Å². The van der Waals surface area contributed by atoms with Crippen molar-refractivity contribution in [2.24, 2.45) is 7.05 Å². The van der Waals surface area contributed by atoms with E-state index in [4.69, 9.17) is 4.52 Å². The van der Waals surface area contributed by atoms with Gasteiger partial charge in [0.05, 0.1) is 5.52 Å². The number of pyridine rings is 2. The van der Waals surface area contributed by atoms with Gasteiger partial charge >= 0.3 is 0 Å². The molecule has 6 heteroatoms. The number of nitrogens with one attached hydrogen (secondary N) is 1. The maximum Gasteiger partial charge on any atom is 0.258 e. The zero-order chi connectivity index (χ0) is 23.1. The molecule has 0 aliphatic carbocycles. The normalized spacial score (nSPS) is 11.2. The Morgan fingerprint density at radius 1 is 0.939 bits per heavy atom. The molecule has 0 bridgehead atoms. The first-order chi connectivity index (χ1) is 15.9. The minimum atomic E-state index is -0.0441. The average molecular weight is 437 g/mol. The third kappa shape index (κ3) is 3.69. The fraction of sp³-hybridized carbons (Fsp3) is 0.148. The molecule has 1 N–H and O–H groups in total. The molecule has 3 aromatic heterocycles. The molecule has 3 heterocycles. The van der Waals surface area contributed by atoms with E-state index in [1.54, 1.807) is 11.6 Å². The monoisotopic (exact) mass is 436 g/mol. The molecular weight excluding hydrogens is 412 g/mol. The van der Waals surface area contributed by atoms with E-state index in [0.29, 0.717) is 11.4 Å². The van der Waals surface area contributed by atoms with E-state index in [0.717, 1.165) is 50.3 Å². The van der Waals surface area contributed by atoms with Gasteiger partial charge in [0.2, 0.25) is 0 Å². The quantitative estimate of drug-likeness (QED) is 0.378. The minimum Gasteiger partial charge on any atom is -0.354 e. The molecule has 0 atom stereocenters. The Morgan fingerprint density at radius 2 is 1.73 bits per heavy atom. The van der Waals surface area contributed by atoms with Crippen LogP contribution in [-0.2, 0) is 7.05 Å². The molecule has 0 unspecified atom stereocenters. The topological polar surface area (TPSA) is 73.0 Å². The predicted molar refractivity (Wildman–Crippen MR) is 132 cm³/mol. The highest BCUT2D eigenvalue weighted by Crippen LogP contribution is 2.32. The second-order valence-corrected chi connectivity index (χ2v) is 8.31. The molecule has 0 saturated heterocycles. The van der Waals surface area contributed by atoms with Gasteiger partial charge in [-0.3, -0.25) is 9.78 Å². The first kappa shape index (κ1) is 20.7. The van der Waals surface area contributed by atoms with Crippen LogP contribution in [-0.4, -0.2) is 14.7 Å². The van der Waals surface area contributed by atoms with Crippen LogP contribution in [0.2, 0.25) is 0 Å². The molecule has 5 rings (SSSR count). The lowest BCUT2D eigenvalue weighted by Crippen LogP contribution is -2.19. The van der Waals surface area contributed by atoms with E-state index < -0.39 is 0 Å². The van der Waals surface area contributed by atoms with Crippen molar-refractivity contribution >= 4 is 22.4 Å². The summed E-state index contributed by atoms with van der Waals surface area (Å²) in [5, 5.41) is 8.51. The van der Waals surface area contributed by atoms with E-state index >= 15 is 0 Å². The van der Waals surface area contributed by atoms with Crippen LogP contribution < -0.4 is 10.9 Å². The molecule has 0 amide bonds. The third-order valence-corrected chi connectivity index (χ3v) is 6.00. The van der Waals surface area contributed by atoms with Gasteiger partial charge in [-0.1, -0.05) is 41.6 Å². The lowest BCUT2D eigenvalue weighted by molar-refractivity contribution is 0.435. The van der Waals surface area contributed by atoms with Crippen LogP contribution in [0.5, 0.6) is 0 Å². The predicted octanol–water partition coefficient (Wildman–Crippen LogP) is 5.92. The molecule has 2 aromatic carbocycles. The number of aryl methyl sites for hydroxylation is 3. The lowest BCUT2D eigenvalue weighted by atomic mass is 9.99. The summed E-state index contributed by atoms with van der Waals surface area (Å²) in [5.41, 5.74) is 6.95. The number of aromatic nitrogens is 3. The summed E-state index contributed by atoms with van der Waals surface area (Å²) in [5.74, 6) is 1.38. The molecule has 0 aliphatic rings. The summed E-state index contributed by atoms with van der Waals surface area (Å²) >= 11 is 0. The van der Waals surface area contributed by atoms with Crippen LogP contribution in [0.1, 0.15) is 16.8 Å². The van der Waals surface area contributed by atoms with Crippen molar-refractivity contribution in [3.8, 4) is 22.5 Å². The second-order valence-electron chi connectivity index (χ2n) is 8.31. The van der Waals surface area contributed by atoms with Gasteiger partial charge in [0.25, 0.3) is 5.56 Å². The van der Waals surface area contributed by atoms with Gasteiger partial charge in [0, 0.05) is 46.7 Å². The number of benzene rings is 2. The molecule has 33 heavy (non-hydrogen) atoms. The van der Waals surface area contributed by atoms with E-state index in [2.05, 4.69) is 15.5 Å². The number of anilines is 2. The summed E-state index contributed by atoms with van der Waals surface area (Å²) in [6.07, 6.45) is 1.81. The smallest absolute Gasteiger partial charge is 0.258 e. The Balaban J connectivity index is 1.55. The molecular formula is C27H24N4O2. The van der Waals surface area contributed by atoms with E-state index in [-0.39, 0.29) is 5.56 Å². The summed E-state index contributed by atoms with van der Waals surface area (Å²) < 4.78 is 7.30. The molecule has 6 nitrogen and oxygen atoms in total. The molecule has 0 fully saturated rings. The van der Waals surface area contributed by atoms with Crippen molar-refractivity contribution in [1.82, 2.24) is 14.7 Å². The van der Waals surface area contributed by atoms with Gasteiger partial charge in [-0.2, -0.15) is 0 Å². The van der Waals surface area contributed by atoms with Gasteiger partial charge in [0.1, 0.15) is 0 Å². The first-order valence-electron chi connectivity index (χ1n) is 10.8. The third-order valence-electron chi connectivity index (χ3n) is 6.00. The molecule has 0 radical (unpaired) electrons. The van der Waals surface area contributed by atoms with E-state index in [9.17, 15) is 4.79 Å². The number of rotatable bonds is 4. The molecule has 0 saturated carbocycles. The van der Waals surface area contributed by atoms with Crippen LogP contribution in [0.25, 0.3) is 33.4 Å². The van der Waals surface area contributed by atoms with Crippen molar-refractivity contribution in [3.05, 3.63) is 94.0 Å². The lowest BCUT2D eigenvalue weighted by Gasteiger charge is -2.13. The number of hydrogen-bond acceptors (Lipinski definition) is 5. The van der Waals surface area contributed by atoms with Crippen molar-refractivity contribution in [3.63, 3.8) is 0 Å². The molecule has 5 aromatic rings. The van der Waals surface area contributed by atoms with Crippen molar-refractivity contribution in [2.75, 3.05) is 5.32 Å². The van der Waals surface area contributed by atoms with Crippen LogP contribution in [0.4, 0.5) is 11.5 Å².